The van der Waals surface area contributed by atoms with Crippen molar-refractivity contribution in [3.8, 4) is 0 Å². The molecule has 0 fully saturated rings. The van der Waals surface area contributed by atoms with Crippen molar-refractivity contribution >= 4 is 6.29 Å². The molecule has 0 saturated heterocycles. The summed E-state index contributed by atoms with van der Waals surface area (Å²) in [6, 6.07) is 6.11. The highest BCUT2D eigenvalue weighted by Gasteiger charge is 2.02. The summed E-state index contributed by atoms with van der Waals surface area (Å²) in [7, 11) is 0. The molecule has 0 spiro atoms. The summed E-state index contributed by atoms with van der Waals surface area (Å²) < 4.78 is 0. The van der Waals surface area contributed by atoms with Crippen LogP contribution in [0.4, 0.5) is 0 Å². The third-order valence-electron chi connectivity index (χ3n) is 3.28. The molecule has 0 radical (unpaired) electrons. The van der Waals surface area contributed by atoms with Crippen LogP contribution in [0.1, 0.15) is 34.3 Å². The van der Waals surface area contributed by atoms with Crippen LogP contribution in [0.3, 0.4) is 0 Å². The normalized spacial score (nSPS) is 18.5. The summed E-state index contributed by atoms with van der Waals surface area (Å²) in [5, 5.41) is 10.3. The van der Waals surface area contributed by atoms with E-state index in [4.69, 9.17) is 0 Å². The molecule has 1 aromatic rings. The van der Waals surface area contributed by atoms with Gasteiger partial charge in [-0.05, 0) is 62.3 Å². The van der Waals surface area contributed by atoms with Crippen LogP contribution < -0.4 is 16.0 Å². The topological polar surface area (TPSA) is 53.2 Å². The van der Waals surface area contributed by atoms with Gasteiger partial charge in [0.05, 0.1) is 0 Å². The highest BCUT2D eigenvalue weighted by molar-refractivity contribution is 5.75. The van der Waals surface area contributed by atoms with Gasteiger partial charge in [-0.25, -0.2) is 0 Å². The molecule has 1 aromatic carbocycles. The molecule has 4 heteroatoms. The highest BCUT2D eigenvalue weighted by atomic mass is 16.1. The van der Waals surface area contributed by atoms with Crippen LogP contribution in [-0.2, 0) is 13.1 Å². The van der Waals surface area contributed by atoms with Crippen molar-refractivity contribution in [3.05, 3.63) is 34.9 Å². The minimum Gasteiger partial charge on any atom is -0.317 e. The molecule has 2 rings (SSSR count). The van der Waals surface area contributed by atoms with Gasteiger partial charge in [-0.3, -0.25) is 4.79 Å². The Morgan fingerprint density at radius 2 is 1.32 bits per heavy atom. The van der Waals surface area contributed by atoms with E-state index >= 15 is 0 Å². The lowest BCUT2D eigenvalue weighted by molar-refractivity contribution is 0.112. The number of hydrogen-bond donors (Lipinski definition) is 3. The third kappa shape index (κ3) is 5.11. The first-order chi connectivity index (χ1) is 9.38. The number of benzene rings is 1. The van der Waals surface area contributed by atoms with Crippen molar-refractivity contribution in [2.75, 3.05) is 26.2 Å². The highest BCUT2D eigenvalue weighted by Crippen LogP contribution is 2.09. The molecule has 0 aliphatic carbocycles. The molecule has 0 saturated carbocycles. The number of aldehydes is 1. The minimum atomic E-state index is 0.768. The molecule has 0 atom stereocenters. The average Bonchev–Trinajstić information content (AvgIpc) is 2.44. The summed E-state index contributed by atoms with van der Waals surface area (Å²) in [6.45, 7) is 5.79. The molecule has 104 valence electrons. The van der Waals surface area contributed by atoms with Gasteiger partial charge in [0.15, 0.2) is 0 Å². The summed E-state index contributed by atoms with van der Waals surface area (Å²) in [4.78, 5) is 11.0. The van der Waals surface area contributed by atoms with Crippen LogP contribution in [0.25, 0.3) is 0 Å². The van der Waals surface area contributed by atoms with Gasteiger partial charge in [0.1, 0.15) is 6.29 Å². The molecular weight excluding hydrogens is 238 g/mol. The van der Waals surface area contributed by atoms with E-state index in [1.807, 2.05) is 12.1 Å². The first-order valence-corrected chi connectivity index (χ1v) is 7.08. The Balaban J connectivity index is 2.04. The zero-order valence-electron chi connectivity index (χ0n) is 11.4. The van der Waals surface area contributed by atoms with Crippen LogP contribution in [0.15, 0.2) is 18.2 Å². The Morgan fingerprint density at radius 1 is 0.789 bits per heavy atom. The van der Waals surface area contributed by atoms with Crippen LogP contribution in [-0.4, -0.2) is 32.5 Å². The molecule has 1 heterocycles. The largest absolute Gasteiger partial charge is 0.317 e. The van der Waals surface area contributed by atoms with E-state index in [0.717, 1.165) is 64.0 Å². The van der Waals surface area contributed by atoms with Crippen molar-refractivity contribution in [2.24, 2.45) is 0 Å². The number of fused-ring (bicyclic) bond motifs is 2. The van der Waals surface area contributed by atoms with Gasteiger partial charge in [-0.2, -0.15) is 0 Å². The van der Waals surface area contributed by atoms with Crippen molar-refractivity contribution in [3.63, 3.8) is 0 Å². The Hall–Kier alpha value is -1.23. The fraction of sp³-hybridized carbons (Fsp3) is 0.533. The first-order valence-electron chi connectivity index (χ1n) is 7.08. The predicted molar refractivity (Wildman–Crippen MR) is 77.3 cm³/mol. The second-order valence-electron chi connectivity index (χ2n) is 5.01. The van der Waals surface area contributed by atoms with Gasteiger partial charge in [-0.15, -0.1) is 0 Å². The maximum atomic E-state index is 11.0. The van der Waals surface area contributed by atoms with Gasteiger partial charge in [0.2, 0.25) is 0 Å². The van der Waals surface area contributed by atoms with Crippen molar-refractivity contribution in [1.29, 1.82) is 0 Å². The lowest BCUT2D eigenvalue weighted by atomic mass is 10.1. The lowest BCUT2D eigenvalue weighted by Crippen LogP contribution is -2.26. The SMILES string of the molecule is O=Cc1cc2cc(c1)CNCCCNCCCNC2. The van der Waals surface area contributed by atoms with E-state index in [0.29, 0.717) is 0 Å². The fourth-order valence-corrected chi connectivity index (χ4v) is 2.33. The molecule has 0 unspecified atom stereocenters. The zero-order valence-corrected chi connectivity index (χ0v) is 11.4. The maximum Gasteiger partial charge on any atom is 0.150 e. The summed E-state index contributed by atoms with van der Waals surface area (Å²) in [6.07, 6.45) is 3.20. The van der Waals surface area contributed by atoms with Crippen molar-refractivity contribution in [2.45, 2.75) is 25.9 Å². The number of rotatable bonds is 1. The standard InChI is InChI=1S/C15H23N3O/c19-12-15-8-13-7-14(9-15)11-18-6-2-4-16-3-1-5-17-10-13/h7-9,12,16-18H,1-6,10-11H2. The average molecular weight is 261 g/mol. The smallest absolute Gasteiger partial charge is 0.150 e. The first kappa shape index (κ1) is 14.2. The Labute approximate surface area is 115 Å². The zero-order chi connectivity index (χ0) is 13.3. The predicted octanol–water partition coefficient (Wildman–Crippen LogP) is 1.06. The van der Waals surface area contributed by atoms with E-state index in [1.54, 1.807) is 0 Å². The van der Waals surface area contributed by atoms with Crippen molar-refractivity contribution < 1.29 is 4.79 Å². The van der Waals surface area contributed by atoms with Gasteiger partial charge >= 0.3 is 0 Å². The third-order valence-corrected chi connectivity index (χ3v) is 3.28. The Morgan fingerprint density at radius 3 is 1.84 bits per heavy atom. The quantitative estimate of drug-likeness (QED) is 0.662. The van der Waals surface area contributed by atoms with Crippen LogP contribution in [0.5, 0.6) is 0 Å². The maximum absolute atomic E-state index is 11.0. The van der Waals surface area contributed by atoms with E-state index in [2.05, 4.69) is 22.0 Å². The van der Waals surface area contributed by atoms with E-state index in [9.17, 15) is 4.79 Å². The monoisotopic (exact) mass is 261 g/mol. The van der Waals surface area contributed by atoms with E-state index in [1.165, 1.54) is 11.1 Å². The van der Waals surface area contributed by atoms with Gasteiger partial charge in [-0.1, -0.05) is 6.07 Å². The van der Waals surface area contributed by atoms with Crippen LogP contribution in [0, 0.1) is 0 Å². The second-order valence-corrected chi connectivity index (χ2v) is 5.01. The molecule has 3 N–H and O–H groups in total. The van der Waals surface area contributed by atoms with Crippen LogP contribution in [0.2, 0.25) is 0 Å². The molecular formula is C15H23N3O. The number of hydrogen-bond acceptors (Lipinski definition) is 4. The minimum absolute atomic E-state index is 0.768. The molecule has 0 aromatic heterocycles. The van der Waals surface area contributed by atoms with Gasteiger partial charge in [0.25, 0.3) is 0 Å². The second kappa shape index (κ2) is 8.04. The van der Waals surface area contributed by atoms with E-state index < -0.39 is 0 Å². The lowest BCUT2D eigenvalue weighted by Gasteiger charge is -2.12. The summed E-state index contributed by atoms with van der Waals surface area (Å²) >= 11 is 0. The van der Waals surface area contributed by atoms with Crippen molar-refractivity contribution in [1.82, 2.24) is 16.0 Å². The van der Waals surface area contributed by atoms with E-state index in [-0.39, 0.29) is 0 Å². The molecule has 19 heavy (non-hydrogen) atoms. The molecule has 4 nitrogen and oxygen atoms in total. The number of carbonyl (C=O) groups is 1. The Bertz CT molecular complexity index is 376. The Kier molecular flexibility index (Phi) is 6.01. The molecule has 2 bridgehead atoms. The molecule has 0 amide bonds. The van der Waals surface area contributed by atoms with Gasteiger partial charge < -0.3 is 16.0 Å². The fourth-order valence-electron chi connectivity index (χ4n) is 2.33. The summed E-state index contributed by atoms with van der Waals surface area (Å²) in [5.41, 5.74) is 3.14. The molecule has 1 aliphatic heterocycles. The summed E-state index contributed by atoms with van der Waals surface area (Å²) in [5.74, 6) is 0. The molecule has 1 aliphatic rings. The van der Waals surface area contributed by atoms with Gasteiger partial charge in [0, 0.05) is 18.7 Å². The number of carbonyl (C=O) groups excluding carboxylic acids is 1. The number of nitrogens with one attached hydrogen (secondary N) is 3. The van der Waals surface area contributed by atoms with Crippen LogP contribution >= 0.6 is 0 Å².